The molecule has 1 aliphatic rings. The number of nitrogens with zero attached hydrogens (tertiary/aromatic N) is 1. The molecule has 1 fully saturated rings. The number of halogens is 1. The Balaban J connectivity index is 1.43. The third kappa shape index (κ3) is 5.93. The molecule has 0 atom stereocenters. The van der Waals surface area contributed by atoms with Gasteiger partial charge in [-0.1, -0.05) is 71.5 Å². The zero-order valence-corrected chi connectivity index (χ0v) is 21.8. The van der Waals surface area contributed by atoms with Gasteiger partial charge >= 0.3 is 0 Å². The maximum Gasteiger partial charge on any atom is 0.270 e. The predicted molar refractivity (Wildman–Crippen MR) is 148 cm³/mol. The summed E-state index contributed by atoms with van der Waals surface area (Å²) in [7, 11) is 0. The van der Waals surface area contributed by atoms with E-state index in [2.05, 4.69) is 5.32 Å². The van der Waals surface area contributed by atoms with Gasteiger partial charge in [0.2, 0.25) is 0 Å². The van der Waals surface area contributed by atoms with Crippen molar-refractivity contribution in [2.24, 2.45) is 0 Å². The Kier molecular flexibility index (Phi) is 7.60. The highest BCUT2D eigenvalue weighted by atomic mass is 35.5. The van der Waals surface area contributed by atoms with Crippen molar-refractivity contribution in [1.29, 1.82) is 0 Å². The standard InChI is InChI=1S/C27H23ClN2O3S2/c1-16-7-10-23(18(3)11-16)30-26(32)24(35-27(30)34)13-19-5-4-6-21(12-19)33-15-25(31)29-20-9-8-17(2)22(28)14-20/h4-14H,15H2,1-3H3,(H,29,31)/b24-13-. The molecule has 8 heteroatoms. The molecule has 0 spiro atoms. The number of benzene rings is 3. The predicted octanol–water partition coefficient (Wildman–Crippen LogP) is 6.69. The summed E-state index contributed by atoms with van der Waals surface area (Å²) < 4.78 is 6.16. The summed E-state index contributed by atoms with van der Waals surface area (Å²) in [5.41, 5.74) is 5.22. The summed E-state index contributed by atoms with van der Waals surface area (Å²) in [6, 6.07) is 18.4. The molecule has 0 radical (unpaired) electrons. The second-order valence-electron chi connectivity index (χ2n) is 8.18. The lowest BCUT2D eigenvalue weighted by Crippen LogP contribution is -2.28. The normalized spacial score (nSPS) is 14.5. The number of rotatable bonds is 6. The first-order chi connectivity index (χ1) is 16.7. The molecular weight excluding hydrogens is 500 g/mol. The number of carbonyl (C=O) groups excluding carboxylic acids is 2. The average molecular weight is 523 g/mol. The van der Waals surface area contributed by atoms with Crippen molar-refractivity contribution in [3.63, 3.8) is 0 Å². The van der Waals surface area contributed by atoms with Gasteiger partial charge in [-0.2, -0.15) is 0 Å². The van der Waals surface area contributed by atoms with Gasteiger partial charge in [-0.25, -0.2) is 0 Å². The van der Waals surface area contributed by atoms with Gasteiger partial charge in [0.15, 0.2) is 10.9 Å². The number of thioether (sulfide) groups is 1. The van der Waals surface area contributed by atoms with Crippen LogP contribution in [0, 0.1) is 20.8 Å². The van der Waals surface area contributed by atoms with E-state index in [0.717, 1.165) is 27.9 Å². The summed E-state index contributed by atoms with van der Waals surface area (Å²) >= 11 is 12.9. The molecule has 0 aromatic heterocycles. The molecule has 1 N–H and O–H groups in total. The van der Waals surface area contributed by atoms with E-state index in [1.165, 1.54) is 11.8 Å². The number of ether oxygens (including phenoxy) is 1. The molecule has 0 aliphatic carbocycles. The minimum atomic E-state index is -0.301. The highest BCUT2D eigenvalue weighted by Gasteiger charge is 2.34. The summed E-state index contributed by atoms with van der Waals surface area (Å²) in [6.07, 6.45) is 1.78. The molecular formula is C27H23ClN2O3S2. The topological polar surface area (TPSA) is 58.6 Å². The Labute approximate surface area is 219 Å². The van der Waals surface area contributed by atoms with Crippen molar-refractivity contribution in [3.05, 3.63) is 92.8 Å². The lowest BCUT2D eigenvalue weighted by Gasteiger charge is -2.17. The molecule has 2 amide bonds. The van der Waals surface area contributed by atoms with Crippen molar-refractivity contribution in [1.82, 2.24) is 0 Å². The van der Waals surface area contributed by atoms with Crippen LogP contribution in [0.4, 0.5) is 11.4 Å². The largest absolute Gasteiger partial charge is 0.484 e. The second kappa shape index (κ2) is 10.6. The maximum atomic E-state index is 13.1. The Morgan fingerprint density at radius 2 is 1.89 bits per heavy atom. The highest BCUT2D eigenvalue weighted by molar-refractivity contribution is 8.27. The van der Waals surface area contributed by atoms with Crippen molar-refractivity contribution in [2.45, 2.75) is 20.8 Å². The number of nitrogens with one attached hydrogen (secondary N) is 1. The van der Waals surface area contributed by atoms with Crippen molar-refractivity contribution in [2.75, 3.05) is 16.8 Å². The Bertz CT molecular complexity index is 1370. The maximum absolute atomic E-state index is 13.1. The van der Waals surface area contributed by atoms with E-state index in [1.54, 1.807) is 35.2 Å². The van der Waals surface area contributed by atoms with Crippen molar-refractivity contribution < 1.29 is 14.3 Å². The quantitative estimate of drug-likeness (QED) is 0.289. The van der Waals surface area contributed by atoms with Crippen LogP contribution in [-0.2, 0) is 9.59 Å². The molecule has 0 bridgehead atoms. The summed E-state index contributed by atoms with van der Waals surface area (Å²) in [4.78, 5) is 27.5. The zero-order chi connectivity index (χ0) is 25.1. The number of aryl methyl sites for hydroxylation is 3. The Hall–Kier alpha value is -3.13. The van der Waals surface area contributed by atoms with Gasteiger partial charge in [0.05, 0.1) is 10.6 Å². The smallest absolute Gasteiger partial charge is 0.270 e. The number of carbonyl (C=O) groups is 2. The first kappa shape index (κ1) is 25.0. The average Bonchev–Trinajstić information content (AvgIpc) is 3.08. The highest BCUT2D eigenvalue weighted by Crippen LogP contribution is 2.37. The number of thiocarbonyl (C=S) groups is 1. The van der Waals surface area contributed by atoms with Gasteiger partial charge in [0.1, 0.15) is 5.75 Å². The van der Waals surface area contributed by atoms with Crippen LogP contribution >= 0.6 is 35.6 Å². The number of anilines is 2. The van der Waals surface area contributed by atoms with E-state index in [-0.39, 0.29) is 18.4 Å². The molecule has 1 saturated heterocycles. The lowest BCUT2D eigenvalue weighted by atomic mass is 10.1. The van der Waals surface area contributed by atoms with E-state index in [9.17, 15) is 9.59 Å². The van der Waals surface area contributed by atoms with Crippen LogP contribution in [0.1, 0.15) is 22.3 Å². The minimum Gasteiger partial charge on any atom is -0.484 e. The fraction of sp³-hybridized carbons (Fsp3) is 0.148. The minimum absolute atomic E-state index is 0.158. The van der Waals surface area contributed by atoms with E-state index < -0.39 is 0 Å². The van der Waals surface area contributed by atoms with Gasteiger partial charge in [0.25, 0.3) is 11.8 Å². The van der Waals surface area contributed by atoms with Gasteiger partial charge in [-0.15, -0.1) is 0 Å². The molecule has 178 valence electrons. The fourth-order valence-electron chi connectivity index (χ4n) is 3.59. The van der Waals surface area contributed by atoms with Gasteiger partial charge in [-0.3, -0.25) is 14.5 Å². The number of hydrogen-bond donors (Lipinski definition) is 1. The Morgan fingerprint density at radius 1 is 1.09 bits per heavy atom. The van der Waals surface area contributed by atoms with Gasteiger partial charge < -0.3 is 10.1 Å². The SMILES string of the molecule is Cc1ccc(N2C(=O)/C(=C/c3cccc(OCC(=O)Nc4ccc(C)c(Cl)c4)c3)SC2=S)c(C)c1. The third-order valence-electron chi connectivity index (χ3n) is 5.37. The number of hydrogen-bond acceptors (Lipinski definition) is 5. The first-order valence-corrected chi connectivity index (χ1v) is 12.5. The van der Waals surface area contributed by atoms with E-state index in [0.29, 0.717) is 25.7 Å². The first-order valence-electron chi connectivity index (χ1n) is 10.9. The van der Waals surface area contributed by atoms with Gasteiger partial charge in [-0.05, 0) is 73.9 Å². The van der Waals surface area contributed by atoms with Crippen LogP contribution in [0.3, 0.4) is 0 Å². The van der Waals surface area contributed by atoms with Crippen LogP contribution in [0.25, 0.3) is 6.08 Å². The van der Waals surface area contributed by atoms with Crippen molar-refractivity contribution >= 4 is 69.2 Å². The molecule has 3 aromatic rings. The third-order valence-corrected chi connectivity index (χ3v) is 7.08. The summed E-state index contributed by atoms with van der Waals surface area (Å²) in [5.74, 6) is 0.0553. The van der Waals surface area contributed by atoms with Crippen LogP contribution in [0.5, 0.6) is 5.75 Å². The molecule has 35 heavy (non-hydrogen) atoms. The van der Waals surface area contributed by atoms with Crippen LogP contribution in [0.2, 0.25) is 5.02 Å². The second-order valence-corrected chi connectivity index (χ2v) is 10.3. The molecule has 1 heterocycles. The fourth-order valence-corrected chi connectivity index (χ4v) is 5.06. The zero-order valence-electron chi connectivity index (χ0n) is 19.4. The van der Waals surface area contributed by atoms with Crippen LogP contribution in [0.15, 0.2) is 65.6 Å². The van der Waals surface area contributed by atoms with Crippen LogP contribution in [-0.4, -0.2) is 22.7 Å². The van der Waals surface area contributed by atoms with E-state index in [4.69, 9.17) is 28.6 Å². The molecule has 3 aromatic carbocycles. The van der Waals surface area contributed by atoms with Crippen LogP contribution < -0.4 is 15.0 Å². The Morgan fingerprint density at radius 3 is 2.63 bits per heavy atom. The van der Waals surface area contributed by atoms with E-state index >= 15 is 0 Å². The van der Waals surface area contributed by atoms with Gasteiger partial charge in [0, 0.05) is 10.7 Å². The monoisotopic (exact) mass is 522 g/mol. The molecule has 4 rings (SSSR count). The van der Waals surface area contributed by atoms with Crippen molar-refractivity contribution in [3.8, 4) is 5.75 Å². The molecule has 0 saturated carbocycles. The van der Waals surface area contributed by atoms with E-state index in [1.807, 2.05) is 57.2 Å². The molecule has 1 aliphatic heterocycles. The molecule has 0 unspecified atom stereocenters. The number of amides is 2. The lowest BCUT2D eigenvalue weighted by molar-refractivity contribution is -0.118. The summed E-state index contributed by atoms with van der Waals surface area (Å²) in [5, 5.41) is 3.35. The molecule has 5 nitrogen and oxygen atoms in total. The summed E-state index contributed by atoms with van der Waals surface area (Å²) in [6.45, 7) is 5.71.